The number of nitrogens with zero attached hydrogens (tertiary/aromatic N) is 2. The first-order valence-corrected chi connectivity index (χ1v) is 16.5. The van der Waals surface area contributed by atoms with Crippen LogP contribution in [-0.2, 0) is 0 Å². The van der Waals surface area contributed by atoms with Crippen LogP contribution in [-0.4, -0.2) is 16.8 Å². The number of benzene rings is 7. The minimum absolute atomic E-state index is 0.645. The lowest BCUT2D eigenvalue weighted by atomic mass is 9.58. The quantitative estimate of drug-likeness (QED) is 0.201. The molecule has 1 aliphatic rings. The Hall–Kier alpha value is -6.07. The molecule has 0 aliphatic carbocycles. The smallest absolute Gasteiger partial charge is 0.227 e. The van der Waals surface area contributed by atoms with Gasteiger partial charge in [-0.05, 0) is 78.3 Å². The van der Waals surface area contributed by atoms with Gasteiger partial charge in [-0.15, -0.1) is 0 Å². The number of rotatable bonds is 4. The van der Waals surface area contributed by atoms with Crippen molar-refractivity contribution in [2.75, 3.05) is 5.32 Å². The van der Waals surface area contributed by atoms with E-state index in [2.05, 4.69) is 127 Å². The third kappa shape index (κ3) is 4.01. The van der Waals surface area contributed by atoms with Crippen LogP contribution in [0.15, 0.2) is 138 Å². The van der Waals surface area contributed by atoms with E-state index in [0.29, 0.717) is 5.89 Å². The molecule has 3 heterocycles. The molecule has 48 heavy (non-hydrogen) atoms. The van der Waals surface area contributed by atoms with Gasteiger partial charge in [0.1, 0.15) is 5.52 Å². The summed E-state index contributed by atoms with van der Waals surface area (Å²) in [6.07, 6.45) is 0. The molecule has 0 radical (unpaired) electrons. The van der Waals surface area contributed by atoms with Crippen LogP contribution in [0.5, 0.6) is 0 Å². The minimum Gasteiger partial charge on any atom is -0.436 e. The van der Waals surface area contributed by atoms with Gasteiger partial charge in [0, 0.05) is 49.9 Å². The van der Waals surface area contributed by atoms with Crippen molar-refractivity contribution >= 4 is 73.3 Å². The molecule has 0 unspecified atom stereocenters. The van der Waals surface area contributed by atoms with Gasteiger partial charge in [0.15, 0.2) is 12.9 Å². The first kappa shape index (κ1) is 27.1. The van der Waals surface area contributed by atoms with Gasteiger partial charge in [-0.3, -0.25) is 0 Å². The number of anilines is 2. The van der Waals surface area contributed by atoms with Crippen LogP contribution < -0.4 is 16.2 Å². The van der Waals surface area contributed by atoms with E-state index in [1.54, 1.807) is 0 Å². The molecule has 0 atom stereocenters. The second-order valence-electron chi connectivity index (χ2n) is 13.0. The lowest BCUT2D eigenvalue weighted by Gasteiger charge is -2.24. The number of aromatic nitrogens is 2. The lowest BCUT2D eigenvalue weighted by Crippen LogP contribution is -2.37. The van der Waals surface area contributed by atoms with E-state index in [1.165, 1.54) is 71.4 Å². The largest absolute Gasteiger partial charge is 0.436 e. The van der Waals surface area contributed by atoms with Crippen molar-refractivity contribution in [2.24, 2.45) is 0 Å². The Balaban J connectivity index is 1.28. The Morgan fingerprint density at radius 2 is 1.48 bits per heavy atom. The zero-order chi connectivity index (χ0) is 31.9. The van der Waals surface area contributed by atoms with Gasteiger partial charge in [0.05, 0.1) is 5.52 Å². The fraction of sp³-hybridized carbons (Fsp3) is 0.0465. The monoisotopic (exact) mass is 615 g/mol. The Kier molecular flexibility index (Phi) is 5.77. The molecule has 4 nitrogen and oxygen atoms in total. The number of hydrogen-bond acceptors (Lipinski definition) is 3. The van der Waals surface area contributed by atoms with E-state index in [1.807, 2.05) is 30.3 Å². The maximum atomic E-state index is 6.42. The molecule has 0 saturated carbocycles. The van der Waals surface area contributed by atoms with Gasteiger partial charge < -0.3 is 14.3 Å². The minimum atomic E-state index is 0.645. The van der Waals surface area contributed by atoms with Crippen LogP contribution in [0.4, 0.5) is 11.4 Å². The summed E-state index contributed by atoms with van der Waals surface area (Å²) in [6.45, 7) is 4.38. The van der Waals surface area contributed by atoms with Gasteiger partial charge in [-0.2, -0.15) is 0 Å². The molecule has 0 fully saturated rings. The van der Waals surface area contributed by atoms with Crippen molar-refractivity contribution in [3.8, 4) is 28.3 Å². The van der Waals surface area contributed by atoms with E-state index >= 15 is 0 Å². The molecule has 9 aromatic rings. The molecule has 226 valence electrons. The highest BCUT2D eigenvalue weighted by Gasteiger charge is 2.29. The summed E-state index contributed by atoms with van der Waals surface area (Å²) in [7, 11) is 0.784. The molecule has 0 spiro atoms. The van der Waals surface area contributed by atoms with Crippen molar-refractivity contribution in [3.05, 3.63) is 145 Å². The normalized spacial score (nSPS) is 12.1. The van der Waals surface area contributed by atoms with Crippen LogP contribution in [0.3, 0.4) is 0 Å². The third-order valence-corrected chi connectivity index (χ3v) is 9.99. The Morgan fingerprint density at radius 1 is 0.688 bits per heavy atom. The summed E-state index contributed by atoms with van der Waals surface area (Å²) in [4.78, 5) is 4.99. The fourth-order valence-corrected chi connectivity index (χ4v) is 7.77. The van der Waals surface area contributed by atoms with E-state index in [0.717, 1.165) is 35.3 Å². The number of hydrogen-bond donors (Lipinski definition) is 1. The van der Waals surface area contributed by atoms with Crippen LogP contribution in [0, 0.1) is 13.8 Å². The molecule has 0 bridgehead atoms. The average Bonchev–Trinajstić information content (AvgIpc) is 3.71. The molecule has 0 saturated heterocycles. The van der Waals surface area contributed by atoms with Crippen molar-refractivity contribution in [1.82, 2.24) is 9.55 Å². The number of oxazole rings is 1. The summed E-state index contributed by atoms with van der Waals surface area (Å²) in [5.41, 5.74) is 16.0. The van der Waals surface area contributed by atoms with Crippen LogP contribution in [0.2, 0.25) is 0 Å². The molecular weight excluding hydrogens is 585 g/mol. The Bertz CT molecular complexity index is 2740. The van der Waals surface area contributed by atoms with E-state index in [9.17, 15) is 0 Å². The van der Waals surface area contributed by atoms with Crippen molar-refractivity contribution < 1.29 is 4.42 Å². The third-order valence-electron chi connectivity index (χ3n) is 9.99. The molecule has 2 aromatic heterocycles. The van der Waals surface area contributed by atoms with Crippen LogP contribution >= 0.6 is 0 Å². The summed E-state index contributed by atoms with van der Waals surface area (Å²) < 4.78 is 8.94. The Morgan fingerprint density at radius 3 is 2.35 bits per heavy atom. The topological polar surface area (TPSA) is 43.0 Å². The lowest BCUT2D eigenvalue weighted by molar-refractivity contribution is 0.620. The van der Waals surface area contributed by atoms with Crippen LogP contribution in [0.1, 0.15) is 11.1 Å². The SMILES string of the molecule is Cc1ccc(Nc2ccccc2-c2cc(C)c3c4ccc5ccccc5c4n4c3c2Bc2cc3oc(-c5ccccc5)nc3cc2-4)cc1. The molecule has 1 aliphatic heterocycles. The molecule has 10 rings (SSSR count). The van der Waals surface area contributed by atoms with E-state index in [-0.39, 0.29) is 0 Å². The molecule has 1 N–H and O–H groups in total. The maximum absolute atomic E-state index is 6.42. The highest BCUT2D eigenvalue weighted by molar-refractivity contribution is 6.73. The van der Waals surface area contributed by atoms with Crippen molar-refractivity contribution in [3.63, 3.8) is 0 Å². The summed E-state index contributed by atoms with van der Waals surface area (Å²) >= 11 is 0. The van der Waals surface area contributed by atoms with Gasteiger partial charge in [0.2, 0.25) is 5.89 Å². The fourth-order valence-electron chi connectivity index (χ4n) is 7.77. The van der Waals surface area contributed by atoms with Crippen LogP contribution in [0.25, 0.3) is 71.9 Å². The molecule has 0 amide bonds. The van der Waals surface area contributed by atoms with E-state index in [4.69, 9.17) is 9.40 Å². The zero-order valence-electron chi connectivity index (χ0n) is 26.7. The highest BCUT2D eigenvalue weighted by atomic mass is 16.3. The standard InChI is InChI=1S/C43H30BN3O/c1-25-16-19-29(20-17-25)45-35-15-9-8-14-31(35)33-22-26(2)39-32-21-18-27-10-6-7-13-30(27)41(32)47-37-24-36-38(23-34(37)44-40(33)42(39)47)48-43(46-36)28-11-4-3-5-12-28/h3-24,44-45H,1-2H3. The predicted octanol–water partition coefficient (Wildman–Crippen LogP) is 9.47. The zero-order valence-corrected chi connectivity index (χ0v) is 26.7. The average molecular weight is 616 g/mol. The molecular formula is C43H30BN3O. The second kappa shape index (κ2) is 10.2. The second-order valence-corrected chi connectivity index (χ2v) is 13.0. The summed E-state index contributed by atoms with van der Waals surface area (Å²) in [5, 5.41) is 8.80. The van der Waals surface area contributed by atoms with Gasteiger partial charge in [-0.25, -0.2) is 4.98 Å². The first-order chi connectivity index (χ1) is 23.6. The number of aryl methyl sites for hydroxylation is 2. The number of para-hydroxylation sites is 1. The number of fused-ring (bicyclic) bond motifs is 8. The van der Waals surface area contributed by atoms with E-state index < -0.39 is 0 Å². The summed E-state index contributed by atoms with van der Waals surface area (Å²) in [5.74, 6) is 0.645. The van der Waals surface area contributed by atoms with Gasteiger partial charge >= 0.3 is 0 Å². The Labute approximate surface area is 278 Å². The van der Waals surface area contributed by atoms with Crippen molar-refractivity contribution in [2.45, 2.75) is 13.8 Å². The van der Waals surface area contributed by atoms with Gasteiger partial charge in [-0.1, -0.05) is 102 Å². The highest BCUT2D eigenvalue weighted by Crippen LogP contribution is 2.42. The number of nitrogens with one attached hydrogen (secondary N) is 1. The maximum Gasteiger partial charge on any atom is 0.227 e. The van der Waals surface area contributed by atoms with Crippen molar-refractivity contribution in [1.29, 1.82) is 0 Å². The van der Waals surface area contributed by atoms with Gasteiger partial charge in [0.25, 0.3) is 0 Å². The molecule has 5 heteroatoms. The predicted molar refractivity (Wildman–Crippen MR) is 202 cm³/mol. The molecule has 7 aromatic carbocycles. The summed E-state index contributed by atoms with van der Waals surface area (Å²) in [6, 6.07) is 47.6. The first-order valence-electron chi connectivity index (χ1n) is 16.5.